The Hall–Kier alpha value is -2.95. The van der Waals surface area contributed by atoms with Crippen LogP contribution in [-0.4, -0.2) is 24.2 Å². The van der Waals surface area contributed by atoms with Gasteiger partial charge >= 0.3 is 0 Å². The maximum atomic E-state index is 13.0. The average Bonchev–Trinajstić information content (AvgIpc) is 3.41. The molecule has 1 saturated heterocycles. The van der Waals surface area contributed by atoms with Crippen molar-refractivity contribution in [2.45, 2.75) is 26.2 Å². The van der Waals surface area contributed by atoms with E-state index in [9.17, 15) is 14.4 Å². The number of ether oxygens (including phenoxy) is 1. The number of aryl methyl sites for hydroxylation is 1. The molecule has 5 heteroatoms. The topological polar surface area (TPSA) is 63.7 Å². The van der Waals surface area contributed by atoms with Crippen molar-refractivity contribution in [1.82, 2.24) is 0 Å². The monoisotopic (exact) mass is 389 g/mol. The van der Waals surface area contributed by atoms with Crippen LogP contribution in [0.25, 0.3) is 0 Å². The number of carbonyl (C=O) groups is 3. The summed E-state index contributed by atoms with van der Waals surface area (Å²) >= 11 is 0. The van der Waals surface area contributed by atoms with Crippen LogP contribution in [0.15, 0.2) is 48.5 Å². The minimum atomic E-state index is -0.145. The van der Waals surface area contributed by atoms with E-state index >= 15 is 0 Å². The molecule has 4 atom stereocenters. The highest BCUT2D eigenvalue weighted by atomic mass is 16.5. The summed E-state index contributed by atoms with van der Waals surface area (Å²) in [6, 6.07) is 14.3. The molecular formula is C24H23NO4. The summed E-state index contributed by atoms with van der Waals surface area (Å²) in [5.74, 6) is 0.650. The highest BCUT2D eigenvalue weighted by Crippen LogP contribution is 2.56. The number of Topliss-reactive ketones (excluding diaryl/α,β-unsaturated/α-hetero) is 1. The minimum Gasteiger partial charge on any atom is -0.485 e. The summed E-state index contributed by atoms with van der Waals surface area (Å²) in [7, 11) is 0. The molecule has 2 bridgehead atoms. The highest BCUT2D eigenvalue weighted by Gasteiger charge is 2.61. The first-order chi connectivity index (χ1) is 14.0. The number of carbonyl (C=O) groups excluding carboxylic acids is 3. The fraction of sp³-hybridized carbons (Fsp3) is 0.375. The number of rotatable bonds is 5. The normalized spacial score (nSPS) is 27.4. The number of anilines is 1. The Morgan fingerprint density at radius 3 is 2.31 bits per heavy atom. The number of fused-ring (bicyclic) bond motifs is 5. The molecular weight excluding hydrogens is 366 g/mol. The summed E-state index contributed by atoms with van der Waals surface area (Å²) in [6.07, 6.45) is 3.14. The highest BCUT2D eigenvalue weighted by molar-refractivity contribution is 6.22. The molecule has 3 fully saturated rings. The van der Waals surface area contributed by atoms with Gasteiger partial charge in [0.2, 0.25) is 11.8 Å². The van der Waals surface area contributed by atoms with Crippen LogP contribution in [-0.2, 0) is 9.59 Å². The summed E-state index contributed by atoms with van der Waals surface area (Å²) < 4.78 is 5.67. The van der Waals surface area contributed by atoms with Gasteiger partial charge in [0.1, 0.15) is 5.75 Å². The van der Waals surface area contributed by atoms with Gasteiger partial charge in [-0.05, 0) is 50.2 Å². The van der Waals surface area contributed by atoms with Crippen molar-refractivity contribution in [2.24, 2.45) is 23.7 Å². The van der Waals surface area contributed by atoms with Crippen molar-refractivity contribution in [3.05, 3.63) is 59.7 Å². The molecule has 2 saturated carbocycles. The van der Waals surface area contributed by atoms with Crippen molar-refractivity contribution < 1.29 is 19.1 Å². The Morgan fingerprint density at radius 2 is 1.66 bits per heavy atom. The van der Waals surface area contributed by atoms with Gasteiger partial charge in [-0.3, -0.25) is 14.4 Å². The van der Waals surface area contributed by atoms with Crippen molar-refractivity contribution in [1.29, 1.82) is 0 Å². The van der Waals surface area contributed by atoms with Gasteiger partial charge in [0.05, 0.1) is 17.5 Å². The van der Waals surface area contributed by atoms with Crippen LogP contribution in [0.5, 0.6) is 5.75 Å². The van der Waals surface area contributed by atoms with Gasteiger partial charge < -0.3 is 4.74 Å². The maximum Gasteiger partial charge on any atom is 0.237 e. The van der Waals surface area contributed by atoms with E-state index in [1.807, 2.05) is 19.1 Å². The van der Waals surface area contributed by atoms with E-state index in [-0.39, 0.29) is 36.0 Å². The van der Waals surface area contributed by atoms with Crippen molar-refractivity contribution >= 4 is 23.3 Å². The second-order valence-electron chi connectivity index (χ2n) is 8.47. The molecule has 0 spiro atoms. The van der Waals surface area contributed by atoms with E-state index in [1.165, 1.54) is 4.90 Å². The first kappa shape index (κ1) is 18.1. The zero-order chi connectivity index (χ0) is 20.1. The summed E-state index contributed by atoms with van der Waals surface area (Å²) in [6.45, 7) is 1.88. The van der Waals surface area contributed by atoms with Gasteiger partial charge in [0, 0.05) is 11.6 Å². The van der Waals surface area contributed by atoms with E-state index in [4.69, 9.17) is 4.74 Å². The lowest BCUT2D eigenvalue weighted by molar-refractivity contribution is -0.123. The van der Waals surface area contributed by atoms with Crippen LogP contribution in [0.4, 0.5) is 5.69 Å². The molecule has 0 aromatic heterocycles. The Bertz CT molecular complexity index is 968. The number of nitrogens with zero attached hydrogens (tertiary/aromatic N) is 1. The lowest BCUT2D eigenvalue weighted by atomic mass is 9.81. The first-order valence-corrected chi connectivity index (χ1v) is 10.2. The SMILES string of the molecule is Cc1ccc(C(=O)COc2cccc(N3C(=O)[C@@H]4[C@H]5CC[C@@H](C5)[C@@H]4C3=O)c2)cc1. The van der Waals surface area contributed by atoms with Crippen LogP contribution in [0.2, 0.25) is 0 Å². The number of hydrogen-bond donors (Lipinski definition) is 0. The van der Waals surface area contributed by atoms with Crippen molar-refractivity contribution in [2.75, 3.05) is 11.5 Å². The van der Waals surface area contributed by atoms with E-state index in [0.29, 0.717) is 28.8 Å². The lowest BCUT2D eigenvalue weighted by Gasteiger charge is -2.19. The number of amides is 2. The van der Waals surface area contributed by atoms with Crippen LogP contribution in [0, 0.1) is 30.6 Å². The standard InChI is InChI=1S/C24H23NO4/c1-14-5-7-15(8-6-14)20(26)13-29-19-4-2-3-18(12-19)25-23(27)21-16-9-10-17(11-16)22(21)24(25)28/h2-8,12,16-17,21-22H,9-11,13H2,1H3/t16-,17-,21-,22+/m0/s1. The Morgan fingerprint density at radius 1 is 1.00 bits per heavy atom. The summed E-state index contributed by atoms with van der Waals surface area (Å²) in [5, 5.41) is 0. The van der Waals surface area contributed by atoms with Gasteiger partial charge in [-0.15, -0.1) is 0 Å². The Balaban J connectivity index is 1.31. The largest absolute Gasteiger partial charge is 0.485 e. The third-order valence-corrected chi connectivity index (χ3v) is 6.75. The average molecular weight is 389 g/mol. The van der Waals surface area contributed by atoms with Crippen molar-refractivity contribution in [3.63, 3.8) is 0 Å². The van der Waals surface area contributed by atoms with Crippen molar-refractivity contribution in [3.8, 4) is 5.75 Å². The molecule has 5 nitrogen and oxygen atoms in total. The first-order valence-electron chi connectivity index (χ1n) is 10.2. The zero-order valence-electron chi connectivity index (χ0n) is 16.3. The molecule has 148 valence electrons. The van der Waals surface area contributed by atoms with Crippen LogP contribution < -0.4 is 9.64 Å². The molecule has 5 rings (SSSR count). The lowest BCUT2D eigenvalue weighted by Crippen LogP contribution is -2.32. The fourth-order valence-corrected chi connectivity index (χ4v) is 5.35. The van der Waals surface area contributed by atoms with Crippen LogP contribution in [0.3, 0.4) is 0 Å². The summed E-state index contributed by atoms with van der Waals surface area (Å²) in [4.78, 5) is 39.7. The smallest absolute Gasteiger partial charge is 0.237 e. The molecule has 3 aliphatic rings. The number of ketones is 1. The second kappa shape index (κ2) is 6.83. The third kappa shape index (κ3) is 2.96. The van der Waals surface area contributed by atoms with Crippen LogP contribution in [0.1, 0.15) is 35.2 Å². The number of benzene rings is 2. The number of hydrogen-bond acceptors (Lipinski definition) is 4. The molecule has 2 aromatic carbocycles. The van der Waals surface area contributed by atoms with E-state index < -0.39 is 0 Å². The van der Waals surface area contributed by atoms with Gasteiger partial charge in [0.15, 0.2) is 12.4 Å². The van der Waals surface area contributed by atoms with Gasteiger partial charge in [0.25, 0.3) is 0 Å². The second-order valence-corrected chi connectivity index (χ2v) is 8.47. The Kier molecular flexibility index (Phi) is 4.26. The molecule has 1 aliphatic heterocycles. The zero-order valence-corrected chi connectivity index (χ0v) is 16.3. The predicted octanol–water partition coefficient (Wildman–Crippen LogP) is 3.79. The predicted molar refractivity (Wildman–Crippen MR) is 108 cm³/mol. The summed E-state index contributed by atoms with van der Waals surface area (Å²) in [5.41, 5.74) is 2.22. The molecule has 0 N–H and O–H groups in total. The molecule has 2 amide bonds. The molecule has 0 unspecified atom stereocenters. The maximum absolute atomic E-state index is 13.0. The van der Waals surface area contributed by atoms with E-state index in [1.54, 1.807) is 36.4 Å². The quantitative estimate of drug-likeness (QED) is 0.577. The fourth-order valence-electron chi connectivity index (χ4n) is 5.35. The third-order valence-electron chi connectivity index (χ3n) is 6.75. The van der Waals surface area contributed by atoms with Gasteiger partial charge in [-0.25, -0.2) is 4.90 Å². The van der Waals surface area contributed by atoms with E-state index in [0.717, 1.165) is 24.8 Å². The molecule has 2 aromatic rings. The molecule has 29 heavy (non-hydrogen) atoms. The minimum absolute atomic E-state index is 0.0694. The molecule has 1 heterocycles. The van der Waals surface area contributed by atoms with Gasteiger partial charge in [-0.1, -0.05) is 35.9 Å². The molecule has 2 aliphatic carbocycles. The number of imide groups is 1. The Labute approximate surface area is 169 Å². The van der Waals surface area contributed by atoms with Crippen LogP contribution >= 0.6 is 0 Å². The van der Waals surface area contributed by atoms with E-state index in [2.05, 4.69) is 0 Å². The molecule has 0 radical (unpaired) electrons. The van der Waals surface area contributed by atoms with Gasteiger partial charge in [-0.2, -0.15) is 0 Å².